The van der Waals surface area contributed by atoms with Crippen molar-refractivity contribution < 1.29 is 14.3 Å². The normalized spacial score (nSPS) is 16.0. The summed E-state index contributed by atoms with van der Waals surface area (Å²) in [6, 6.07) is -0.177. The number of carbonyl (C=O) groups is 1. The molecule has 1 atom stereocenters. The van der Waals surface area contributed by atoms with E-state index in [0.29, 0.717) is 25.3 Å². The van der Waals surface area contributed by atoms with Gasteiger partial charge in [-0.15, -0.1) is 0 Å². The third-order valence-electron chi connectivity index (χ3n) is 7.42. The van der Waals surface area contributed by atoms with E-state index in [4.69, 9.17) is 26.1 Å². The maximum Gasteiger partial charge on any atom is 0.410 e. The smallest absolute Gasteiger partial charge is 0.410 e. The molecule has 0 aliphatic carbocycles. The second-order valence-corrected chi connectivity index (χ2v) is 13.9. The van der Waals surface area contributed by atoms with Gasteiger partial charge in [-0.3, -0.25) is 4.90 Å². The fraction of sp³-hybridized carbons (Fsp3) is 0.750. The molecular formula is C32H52ClN5O3. The Bertz CT molecular complexity index is 1060. The lowest BCUT2D eigenvalue weighted by atomic mass is 9.89. The highest BCUT2D eigenvalue weighted by atomic mass is 35.5. The molecule has 1 aliphatic heterocycles. The van der Waals surface area contributed by atoms with Crippen LogP contribution in [-0.4, -0.2) is 49.3 Å². The summed E-state index contributed by atoms with van der Waals surface area (Å²) in [6.07, 6.45) is 19.4. The van der Waals surface area contributed by atoms with Gasteiger partial charge in [-0.2, -0.15) is 0 Å². The van der Waals surface area contributed by atoms with Gasteiger partial charge in [-0.25, -0.2) is 19.7 Å². The number of likely N-dealkylation sites (tertiary alicyclic amines) is 1. The molecule has 0 spiro atoms. The second-order valence-electron chi connectivity index (χ2n) is 13.5. The number of carbonyl (C=O) groups excluding carboxylic acids is 1. The zero-order chi connectivity index (χ0) is 29.9. The zero-order valence-electron chi connectivity index (χ0n) is 26.3. The van der Waals surface area contributed by atoms with Crippen molar-refractivity contribution in [2.24, 2.45) is 5.41 Å². The Hall–Kier alpha value is -2.19. The number of aromatic nitrogens is 4. The minimum atomic E-state index is -0.555. The molecule has 2 aromatic heterocycles. The van der Waals surface area contributed by atoms with Crippen molar-refractivity contribution in [1.82, 2.24) is 24.4 Å². The zero-order valence-corrected chi connectivity index (χ0v) is 27.0. The van der Waals surface area contributed by atoms with Crippen LogP contribution in [0.25, 0.3) is 11.3 Å². The van der Waals surface area contributed by atoms with Crippen LogP contribution in [0.3, 0.4) is 0 Å². The summed E-state index contributed by atoms with van der Waals surface area (Å²) in [4.78, 5) is 27.8. The third kappa shape index (κ3) is 11.5. The SMILES string of the molecule is CC(C)(C)CCCCCCCCCCCOCn1c(-c2cnc(Cl)nc2)cnc1[C@@H]1CCCN1C(=O)OC(C)(C)C. The van der Waals surface area contributed by atoms with Gasteiger partial charge in [-0.05, 0) is 63.5 Å². The first kappa shape index (κ1) is 33.3. The Kier molecular flexibility index (Phi) is 12.9. The van der Waals surface area contributed by atoms with E-state index >= 15 is 0 Å². The molecule has 41 heavy (non-hydrogen) atoms. The number of hydrogen-bond donors (Lipinski definition) is 0. The quantitative estimate of drug-likeness (QED) is 0.152. The Morgan fingerprint density at radius 1 is 0.902 bits per heavy atom. The molecule has 9 heteroatoms. The van der Waals surface area contributed by atoms with E-state index in [2.05, 4.69) is 30.7 Å². The van der Waals surface area contributed by atoms with Crippen LogP contribution < -0.4 is 0 Å². The van der Waals surface area contributed by atoms with E-state index in [1.807, 2.05) is 25.3 Å². The van der Waals surface area contributed by atoms with Crippen LogP contribution in [0.15, 0.2) is 18.6 Å². The van der Waals surface area contributed by atoms with Crippen LogP contribution in [0.4, 0.5) is 4.79 Å². The highest BCUT2D eigenvalue weighted by Crippen LogP contribution is 2.35. The van der Waals surface area contributed by atoms with Crippen LogP contribution in [0.2, 0.25) is 5.28 Å². The summed E-state index contributed by atoms with van der Waals surface area (Å²) < 4.78 is 13.9. The van der Waals surface area contributed by atoms with Gasteiger partial charge in [0.05, 0.1) is 17.9 Å². The fourth-order valence-corrected chi connectivity index (χ4v) is 5.39. The maximum atomic E-state index is 13.0. The van der Waals surface area contributed by atoms with E-state index in [1.165, 1.54) is 57.8 Å². The summed E-state index contributed by atoms with van der Waals surface area (Å²) in [5, 5.41) is 0.198. The summed E-state index contributed by atoms with van der Waals surface area (Å²) in [5.41, 5.74) is 1.55. The standard InChI is InChI=1S/C32H52ClN5O3/c1-31(2,3)18-14-12-10-8-7-9-11-13-15-20-40-24-38-27(25-21-35-29(33)36-22-25)23-34-28(38)26-17-16-19-37(26)30(39)41-32(4,5)6/h21-23,26H,7-20,24H2,1-6H3/t26-/m0/s1. The summed E-state index contributed by atoms with van der Waals surface area (Å²) in [5.74, 6) is 0.792. The number of hydrogen-bond acceptors (Lipinski definition) is 6. The highest BCUT2D eigenvalue weighted by molar-refractivity contribution is 6.28. The topological polar surface area (TPSA) is 82.4 Å². The van der Waals surface area contributed by atoms with Gasteiger partial charge >= 0.3 is 6.09 Å². The average molecular weight is 590 g/mol. The Morgan fingerprint density at radius 2 is 1.51 bits per heavy atom. The maximum absolute atomic E-state index is 13.0. The molecule has 3 rings (SSSR count). The molecule has 0 saturated carbocycles. The predicted molar refractivity (Wildman–Crippen MR) is 165 cm³/mol. The first-order chi connectivity index (χ1) is 19.4. The van der Waals surface area contributed by atoms with Crippen molar-refractivity contribution in [3.63, 3.8) is 0 Å². The van der Waals surface area contributed by atoms with Gasteiger partial charge < -0.3 is 14.0 Å². The number of nitrogens with zero attached hydrogens (tertiary/aromatic N) is 5. The number of ether oxygens (including phenoxy) is 2. The van der Waals surface area contributed by atoms with Crippen LogP contribution in [0.5, 0.6) is 0 Å². The van der Waals surface area contributed by atoms with E-state index in [1.54, 1.807) is 23.5 Å². The molecule has 1 fully saturated rings. The molecule has 0 aromatic carbocycles. The summed E-state index contributed by atoms with van der Waals surface area (Å²) in [6.45, 7) is 14.3. The van der Waals surface area contributed by atoms with E-state index in [9.17, 15) is 4.79 Å². The second kappa shape index (κ2) is 15.9. The number of rotatable bonds is 15. The lowest BCUT2D eigenvalue weighted by Crippen LogP contribution is -2.37. The molecule has 1 aliphatic rings. The van der Waals surface area contributed by atoms with Crippen molar-refractivity contribution in [3.05, 3.63) is 29.7 Å². The van der Waals surface area contributed by atoms with Gasteiger partial charge in [0.1, 0.15) is 18.2 Å². The van der Waals surface area contributed by atoms with E-state index in [-0.39, 0.29) is 17.4 Å². The van der Waals surface area contributed by atoms with Crippen molar-refractivity contribution >= 4 is 17.7 Å². The Labute approximate surface area is 252 Å². The first-order valence-corrected chi connectivity index (χ1v) is 15.9. The highest BCUT2D eigenvalue weighted by Gasteiger charge is 2.36. The molecule has 0 N–H and O–H groups in total. The van der Waals surface area contributed by atoms with Gasteiger partial charge in [-0.1, -0.05) is 72.1 Å². The van der Waals surface area contributed by atoms with Crippen LogP contribution >= 0.6 is 11.6 Å². The van der Waals surface area contributed by atoms with Gasteiger partial charge in [0, 0.05) is 31.1 Å². The molecule has 0 bridgehead atoms. The minimum absolute atomic E-state index is 0.177. The number of halogens is 1. The molecular weight excluding hydrogens is 538 g/mol. The van der Waals surface area contributed by atoms with Crippen molar-refractivity contribution in [1.29, 1.82) is 0 Å². The molecule has 230 valence electrons. The van der Waals surface area contributed by atoms with Gasteiger partial charge in [0.25, 0.3) is 0 Å². The fourth-order valence-electron chi connectivity index (χ4n) is 5.29. The lowest BCUT2D eigenvalue weighted by molar-refractivity contribution is 0.0202. The summed E-state index contributed by atoms with van der Waals surface area (Å²) >= 11 is 5.93. The number of amides is 1. The van der Waals surface area contributed by atoms with Crippen molar-refractivity contribution in [2.45, 2.75) is 137 Å². The molecule has 2 aromatic rings. The predicted octanol–water partition coefficient (Wildman–Crippen LogP) is 8.99. The van der Waals surface area contributed by atoms with Gasteiger partial charge in [0.15, 0.2) is 0 Å². The van der Waals surface area contributed by atoms with E-state index < -0.39 is 5.60 Å². The largest absolute Gasteiger partial charge is 0.444 e. The van der Waals surface area contributed by atoms with Crippen molar-refractivity contribution in [2.75, 3.05) is 13.2 Å². The Morgan fingerprint density at radius 3 is 2.12 bits per heavy atom. The molecule has 1 amide bonds. The average Bonchev–Trinajstić information content (AvgIpc) is 3.53. The number of imidazole rings is 1. The molecule has 8 nitrogen and oxygen atoms in total. The lowest BCUT2D eigenvalue weighted by Gasteiger charge is -2.28. The summed E-state index contributed by atoms with van der Waals surface area (Å²) in [7, 11) is 0. The van der Waals surface area contributed by atoms with Crippen LogP contribution in [0, 0.1) is 5.41 Å². The molecule has 0 radical (unpaired) electrons. The number of unbranched alkanes of at least 4 members (excludes halogenated alkanes) is 8. The van der Waals surface area contributed by atoms with Crippen LogP contribution in [-0.2, 0) is 16.2 Å². The minimum Gasteiger partial charge on any atom is -0.444 e. The molecule has 1 saturated heterocycles. The monoisotopic (exact) mass is 589 g/mol. The van der Waals surface area contributed by atoms with E-state index in [0.717, 1.165) is 36.3 Å². The van der Waals surface area contributed by atoms with Crippen LogP contribution in [0.1, 0.15) is 130 Å². The third-order valence-corrected chi connectivity index (χ3v) is 7.61. The molecule has 3 heterocycles. The van der Waals surface area contributed by atoms with Crippen molar-refractivity contribution in [3.8, 4) is 11.3 Å². The molecule has 0 unspecified atom stereocenters. The van der Waals surface area contributed by atoms with Gasteiger partial charge in [0.2, 0.25) is 5.28 Å². The Balaban J connectivity index is 1.50. The first-order valence-electron chi connectivity index (χ1n) is 15.6.